The van der Waals surface area contributed by atoms with Gasteiger partial charge in [-0.3, -0.25) is 0 Å². The molecule has 2 rings (SSSR count). The van der Waals surface area contributed by atoms with Gasteiger partial charge in [-0.05, 0) is 44.0 Å². The molecule has 0 amide bonds. The van der Waals surface area contributed by atoms with Crippen LogP contribution in [-0.2, 0) is 19.6 Å². The first kappa shape index (κ1) is 23.4. The maximum Gasteiger partial charge on any atom is 0.352 e. The average Bonchev–Trinajstić information content (AvgIpc) is 3.00. The molecule has 0 fully saturated rings. The van der Waals surface area contributed by atoms with Crippen molar-refractivity contribution in [1.29, 1.82) is 0 Å². The van der Waals surface area contributed by atoms with Gasteiger partial charge in [0.25, 0.3) is 0 Å². The number of carbonyl (C=O) groups is 2. The van der Waals surface area contributed by atoms with E-state index in [2.05, 4.69) is 15.9 Å². The summed E-state index contributed by atoms with van der Waals surface area (Å²) in [4.78, 5) is 24.7. The highest BCUT2D eigenvalue weighted by atomic mass is 79.9. The van der Waals surface area contributed by atoms with Gasteiger partial charge in [0.15, 0.2) is 10.6 Å². The van der Waals surface area contributed by atoms with Crippen LogP contribution in [0.2, 0.25) is 0 Å². The Morgan fingerprint density at radius 3 is 2.00 bits per heavy atom. The molecule has 0 aliphatic carbocycles. The number of hydrogen-bond donors (Lipinski definition) is 0. The minimum absolute atomic E-state index is 0.0886. The first-order chi connectivity index (χ1) is 13.7. The molecule has 0 aliphatic heterocycles. The van der Waals surface area contributed by atoms with Crippen LogP contribution in [0.25, 0.3) is 0 Å². The number of rotatable bonds is 9. The predicted molar refractivity (Wildman–Crippen MR) is 112 cm³/mol. The Labute approximate surface area is 182 Å². The highest BCUT2D eigenvalue weighted by Crippen LogP contribution is 2.38. The predicted octanol–water partition coefficient (Wildman–Crippen LogP) is 4.72. The second kappa shape index (κ2) is 10.2. The summed E-state index contributed by atoms with van der Waals surface area (Å²) >= 11 is 4.03. The lowest BCUT2D eigenvalue weighted by atomic mass is 10.2. The molecule has 1 aromatic heterocycles. The second-order valence-electron chi connectivity index (χ2n) is 5.98. The number of halogens is 1. The van der Waals surface area contributed by atoms with Crippen molar-refractivity contribution in [2.45, 2.75) is 38.5 Å². The van der Waals surface area contributed by atoms with E-state index in [1.54, 1.807) is 12.1 Å². The summed E-state index contributed by atoms with van der Waals surface area (Å²) in [6.45, 7) is 5.54. The minimum Gasteiger partial charge on any atom is -0.462 e. The Morgan fingerprint density at radius 1 is 0.966 bits per heavy atom. The molecule has 0 unspecified atom stereocenters. The summed E-state index contributed by atoms with van der Waals surface area (Å²) in [6.07, 6.45) is 1.22. The number of hydrogen-bond acceptors (Lipinski definition) is 8. The zero-order chi connectivity index (χ0) is 21.6. The SMILES string of the molecule is CCCOC(=O)c1sc(C(=O)OCCC)c(OS(=O)(=O)c2ccc(Br)cc2)c1C. The van der Waals surface area contributed by atoms with Crippen molar-refractivity contribution in [3.8, 4) is 5.75 Å². The first-order valence-corrected chi connectivity index (χ1v) is 11.9. The van der Waals surface area contributed by atoms with Crippen LogP contribution in [0, 0.1) is 6.92 Å². The minimum atomic E-state index is -4.23. The van der Waals surface area contributed by atoms with Crippen molar-refractivity contribution in [2.24, 2.45) is 0 Å². The topological polar surface area (TPSA) is 96.0 Å². The van der Waals surface area contributed by atoms with E-state index in [1.165, 1.54) is 19.1 Å². The summed E-state index contributed by atoms with van der Waals surface area (Å²) < 4.78 is 41.6. The first-order valence-electron chi connectivity index (χ1n) is 8.88. The smallest absolute Gasteiger partial charge is 0.352 e. The fraction of sp³-hybridized carbons (Fsp3) is 0.368. The van der Waals surface area contributed by atoms with Crippen LogP contribution in [0.3, 0.4) is 0 Å². The molecule has 0 N–H and O–H groups in total. The van der Waals surface area contributed by atoms with Gasteiger partial charge in [-0.25, -0.2) is 9.59 Å². The van der Waals surface area contributed by atoms with Crippen molar-refractivity contribution in [3.05, 3.63) is 44.1 Å². The van der Waals surface area contributed by atoms with Crippen molar-refractivity contribution < 1.29 is 31.7 Å². The Kier molecular flexibility index (Phi) is 8.23. The number of thiophene rings is 1. The molecule has 0 atom stereocenters. The van der Waals surface area contributed by atoms with E-state index >= 15 is 0 Å². The molecule has 10 heteroatoms. The largest absolute Gasteiger partial charge is 0.462 e. The number of benzene rings is 1. The van der Waals surface area contributed by atoms with Gasteiger partial charge in [-0.2, -0.15) is 8.42 Å². The van der Waals surface area contributed by atoms with Crippen LogP contribution in [0.4, 0.5) is 0 Å². The highest BCUT2D eigenvalue weighted by molar-refractivity contribution is 9.10. The van der Waals surface area contributed by atoms with E-state index in [4.69, 9.17) is 13.7 Å². The number of esters is 2. The molecule has 2 aromatic rings. The average molecular weight is 505 g/mol. The van der Waals surface area contributed by atoms with Gasteiger partial charge in [0, 0.05) is 10.0 Å². The molecule has 158 valence electrons. The van der Waals surface area contributed by atoms with Crippen LogP contribution in [0.5, 0.6) is 5.75 Å². The summed E-state index contributed by atoms with van der Waals surface area (Å²) in [5.41, 5.74) is 0.209. The van der Waals surface area contributed by atoms with Gasteiger partial charge in [-0.15, -0.1) is 11.3 Å². The Morgan fingerprint density at radius 2 is 1.48 bits per heavy atom. The Balaban J connectivity index is 2.46. The molecule has 29 heavy (non-hydrogen) atoms. The Hall–Kier alpha value is -1.91. The molecule has 1 heterocycles. The normalized spacial score (nSPS) is 11.2. The highest BCUT2D eigenvalue weighted by Gasteiger charge is 2.31. The van der Waals surface area contributed by atoms with Gasteiger partial charge >= 0.3 is 22.1 Å². The van der Waals surface area contributed by atoms with Gasteiger partial charge < -0.3 is 13.7 Å². The summed E-state index contributed by atoms with van der Waals surface area (Å²) in [5, 5.41) is 0. The van der Waals surface area contributed by atoms with E-state index in [0.29, 0.717) is 17.3 Å². The fourth-order valence-electron chi connectivity index (χ4n) is 2.21. The lowest BCUT2D eigenvalue weighted by molar-refractivity contribution is 0.0501. The molecular weight excluding hydrogens is 484 g/mol. The monoisotopic (exact) mass is 504 g/mol. The zero-order valence-corrected chi connectivity index (χ0v) is 19.4. The molecule has 0 spiro atoms. The van der Waals surface area contributed by atoms with Crippen LogP contribution in [-0.4, -0.2) is 33.6 Å². The standard InChI is InChI=1S/C19H21BrO7S2/c1-4-10-25-18(21)16-12(3)15(17(28-16)19(22)26-11-5-2)27-29(23,24)14-8-6-13(20)7-9-14/h6-9H,4-5,10-11H2,1-3H3. The summed E-state index contributed by atoms with van der Waals surface area (Å²) in [6, 6.07) is 5.85. The lowest BCUT2D eigenvalue weighted by Crippen LogP contribution is -2.13. The third kappa shape index (κ3) is 5.80. The zero-order valence-electron chi connectivity index (χ0n) is 16.2. The quantitative estimate of drug-likeness (QED) is 0.360. The van der Waals surface area contributed by atoms with Gasteiger partial charge in [0.2, 0.25) is 0 Å². The van der Waals surface area contributed by atoms with Gasteiger partial charge in [-0.1, -0.05) is 29.8 Å². The molecule has 0 bridgehead atoms. The molecule has 1 aromatic carbocycles. The maximum atomic E-state index is 12.7. The molecular formula is C19H21BrO7S2. The molecule has 0 saturated carbocycles. The fourth-order valence-corrected chi connectivity index (χ4v) is 4.54. The van der Waals surface area contributed by atoms with Crippen LogP contribution >= 0.6 is 27.3 Å². The van der Waals surface area contributed by atoms with Crippen molar-refractivity contribution in [3.63, 3.8) is 0 Å². The van der Waals surface area contributed by atoms with Gasteiger partial charge in [0.1, 0.15) is 9.77 Å². The summed E-state index contributed by atoms with van der Waals surface area (Å²) in [7, 11) is -4.23. The third-order valence-corrected chi connectivity index (χ3v) is 6.63. The van der Waals surface area contributed by atoms with Gasteiger partial charge in [0.05, 0.1) is 13.2 Å². The molecule has 0 aliphatic rings. The Bertz CT molecular complexity index is 979. The molecule has 7 nitrogen and oxygen atoms in total. The van der Waals surface area contributed by atoms with Crippen LogP contribution in [0.1, 0.15) is 51.6 Å². The van der Waals surface area contributed by atoms with Crippen LogP contribution < -0.4 is 4.18 Å². The maximum absolute atomic E-state index is 12.7. The van der Waals surface area contributed by atoms with Crippen molar-refractivity contribution in [1.82, 2.24) is 0 Å². The molecule has 0 radical (unpaired) electrons. The number of ether oxygens (including phenoxy) is 2. The van der Waals surface area contributed by atoms with Crippen LogP contribution in [0.15, 0.2) is 33.6 Å². The van der Waals surface area contributed by atoms with Crippen molar-refractivity contribution >= 4 is 49.3 Å². The van der Waals surface area contributed by atoms with Crippen molar-refractivity contribution in [2.75, 3.05) is 13.2 Å². The van der Waals surface area contributed by atoms with E-state index in [9.17, 15) is 18.0 Å². The van der Waals surface area contributed by atoms with E-state index in [-0.39, 0.29) is 39.2 Å². The van der Waals surface area contributed by atoms with E-state index < -0.39 is 22.1 Å². The van der Waals surface area contributed by atoms with E-state index in [0.717, 1.165) is 11.3 Å². The van der Waals surface area contributed by atoms with E-state index in [1.807, 2.05) is 13.8 Å². The number of carbonyl (C=O) groups excluding carboxylic acids is 2. The third-order valence-electron chi connectivity index (χ3n) is 3.63. The summed E-state index contributed by atoms with van der Waals surface area (Å²) in [5.74, 6) is -1.62. The second-order valence-corrected chi connectivity index (χ2v) is 9.46. The molecule has 0 saturated heterocycles. The lowest BCUT2D eigenvalue weighted by Gasteiger charge is -2.09.